The predicted octanol–water partition coefficient (Wildman–Crippen LogP) is 0.309. The van der Waals surface area contributed by atoms with Crippen LogP contribution in [0, 0.1) is 22.7 Å². The number of carbonyl (C=O) groups is 3. The van der Waals surface area contributed by atoms with Gasteiger partial charge in [-0.3, -0.25) is 14.4 Å². The monoisotopic (exact) mass is 234 g/mol. The van der Waals surface area contributed by atoms with Crippen molar-refractivity contribution in [2.24, 2.45) is 11.3 Å². The van der Waals surface area contributed by atoms with E-state index in [1.807, 2.05) is 0 Å². The third-order valence-electron chi connectivity index (χ3n) is 3.14. The van der Waals surface area contributed by atoms with Crippen LogP contribution in [0.3, 0.4) is 0 Å². The number of likely N-dealkylation sites (tertiary alicyclic amines) is 1. The molecule has 1 aliphatic carbocycles. The molecule has 0 bridgehead atoms. The van der Waals surface area contributed by atoms with Crippen molar-refractivity contribution in [1.82, 2.24) is 4.90 Å². The fourth-order valence-electron chi connectivity index (χ4n) is 1.97. The van der Waals surface area contributed by atoms with Gasteiger partial charge in [0.05, 0.1) is 11.3 Å². The van der Waals surface area contributed by atoms with Crippen molar-refractivity contribution in [1.29, 1.82) is 5.26 Å². The molecule has 2 amide bonds. The molecule has 2 aliphatic rings. The summed E-state index contributed by atoms with van der Waals surface area (Å²) in [4.78, 5) is 35.1. The van der Waals surface area contributed by atoms with E-state index in [1.165, 1.54) is 0 Å². The maximum atomic E-state index is 11.9. The van der Waals surface area contributed by atoms with E-state index < -0.39 is 23.2 Å². The first-order valence-electron chi connectivity index (χ1n) is 5.07. The van der Waals surface area contributed by atoms with Gasteiger partial charge in [0.1, 0.15) is 12.3 Å². The molecule has 2 fully saturated rings. The van der Waals surface area contributed by atoms with Gasteiger partial charge >= 0.3 is 5.97 Å². The molecule has 0 N–H and O–H groups in total. The highest BCUT2D eigenvalue weighted by Gasteiger charge is 2.69. The van der Waals surface area contributed by atoms with Crippen molar-refractivity contribution in [3.05, 3.63) is 12.0 Å². The van der Waals surface area contributed by atoms with E-state index in [0.717, 1.165) is 18.1 Å². The third-order valence-corrected chi connectivity index (χ3v) is 3.14. The second-order valence-corrected chi connectivity index (χ2v) is 4.38. The molecular formula is C11H10N2O4. The first-order chi connectivity index (χ1) is 7.91. The molecule has 0 aromatic rings. The van der Waals surface area contributed by atoms with Crippen molar-refractivity contribution >= 4 is 17.8 Å². The van der Waals surface area contributed by atoms with E-state index in [1.54, 1.807) is 13.0 Å². The van der Waals surface area contributed by atoms with Crippen LogP contribution in [0.4, 0.5) is 0 Å². The number of amides is 2. The minimum absolute atomic E-state index is 0.247. The zero-order valence-corrected chi connectivity index (χ0v) is 9.39. The highest BCUT2D eigenvalue weighted by Crippen LogP contribution is 2.59. The normalized spacial score (nSPS) is 31.0. The van der Waals surface area contributed by atoms with Gasteiger partial charge in [0.2, 0.25) is 11.8 Å². The number of esters is 1. The molecule has 2 rings (SSSR count). The van der Waals surface area contributed by atoms with Crippen LogP contribution in [0.2, 0.25) is 0 Å². The topological polar surface area (TPSA) is 87.5 Å². The summed E-state index contributed by atoms with van der Waals surface area (Å²) in [6, 6.07) is 1.69. The molecule has 1 saturated carbocycles. The van der Waals surface area contributed by atoms with Gasteiger partial charge in [-0.05, 0) is 13.3 Å². The van der Waals surface area contributed by atoms with Gasteiger partial charge in [-0.25, -0.2) is 4.90 Å². The molecule has 1 heterocycles. The lowest BCUT2D eigenvalue weighted by atomic mass is 10.1. The molecule has 2 atom stereocenters. The first kappa shape index (κ1) is 11.3. The van der Waals surface area contributed by atoms with Gasteiger partial charge in [-0.1, -0.05) is 0 Å². The maximum Gasteiger partial charge on any atom is 0.307 e. The fraction of sp³-hybridized carbons (Fsp3) is 0.455. The van der Waals surface area contributed by atoms with Crippen LogP contribution in [-0.4, -0.2) is 22.7 Å². The van der Waals surface area contributed by atoms with Crippen LogP contribution < -0.4 is 0 Å². The number of allylic oxidation sites excluding steroid dienone is 1. The van der Waals surface area contributed by atoms with Gasteiger partial charge in [0, 0.05) is 6.92 Å². The number of nitriles is 1. The molecule has 0 aromatic carbocycles. The summed E-state index contributed by atoms with van der Waals surface area (Å²) >= 11 is 0. The lowest BCUT2D eigenvalue weighted by molar-refractivity contribution is -0.141. The van der Waals surface area contributed by atoms with E-state index in [-0.39, 0.29) is 11.6 Å². The Morgan fingerprint density at radius 3 is 2.71 bits per heavy atom. The Hall–Kier alpha value is -2.16. The summed E-state index contributed by atoms with van der Waals surface area (Å²) in [5, 5.41) is 8.86. The quantitative estimate of drug-likeness (QED) is 0.297. The molecular weight excluding hydrogens is 224 g/mol. The average Bonchev–Trinajstić information content (AvgIpc) is 2.91. The van der Waals surface area contributed by atoms with Crippen molar-refractivity contribution in [2.75, 3.05) is 0 Å². The summed E-state index contributed by atoms with van der Waals surface area (Å²) in [7, 11) is 0. The minimum Gasteiger partial charge on any atom is -0.432 e. The smallest absolute Gasteiger partial charge is 0.307 e. The van der Waals surface area contributed by atoms with Crippen molar-refractivity contribution < 1.29 is 19.1 Å². The summed E-state index contributed by atoms with van der Waals surface area (Å²) in [5.74, 6) is -1.73. The predicted molar refractivity (Wildman–Crippen MR) is 53.5 cm³/mol. The zero-order chi connectivity index (χ0) is 12.8. The lowest BCUT2D eigenvalue weighted by Gasteiger charge is -2.15. The van der Waals surface area contributed by atoms with E-state index in [2.05, 4.69) is 4.74 Å². The van der Waals surface area contributed by atoms with Gasteiger partial charge in [0.25, 0.3) is 0 Å². The molecule has 0 radical (unpaired) electrons. The third kappa shape index (κ3) is 1.51. The van der Waals surface area contributed by atoms with E-state index in [4.69, 9.17) is 5.26 Å². The van der Waals surface area contributed by atoms with E-state index in [9.17, 15) is 14.4 Å². The Kier molecular flexibility index (Phi) is 2.28. The fourth-order valence-corrected chi connectivity index (χ4v) is 1.97. The van der Waals surface area contributed by atoms with Gasteiger partial charge < -0.3 is 4.74 Å². The number of rotatable bonds is 2. The first-order valence-corrected chi connectivity index (χ1v) is 5.07. The highest BCUT2D eigenvalue weighted by atomic mass is 16.5. The number of fused-ring (bicyclic) bond motifs is 1. The second kappa shape index (κ2) is 3.42. The lowest BCUT2D eigenvalue weighted by Crippen LogP contribution is -2.33. The van der Waals surface area contributed by atoms with Gasteiger partial charge in [-0.15, -0.1) is 0 Å². The van der Waals surface area contributed by atoms with E-state index in [0.29, 0.717) is 6.42 Å². The largest absolute Gasteiger partial charge is 0.432 e. The van der Waals surface area contributed by atoms with Crippen LogP contribution in [-0.2, 0) is 19.1 Å². The van der Waals surface area contributed by atoms with Gasteiger partial charge in [-0.2, -0.15) is 5.26 Å². The second-order valence-electron chi connectivity index (χ2n) is 4.38. The summed E-state index contributed by atoms with van der Waals surface area (Å²) in [6.45, 7) is 2.86. The zero-order valence-electron chi connectivity index (χ0n) is 9.39. The molecule has 6 heteroatoms. The van der Waals surface area contributed by atoms with E-state index >= 15 is 0 Å². The Bertz CT molecular complexity index is 502. The molecule has 1 aliphatic heterocycles. The number of carbonyl (C=O) groups excluding carboxylic acids is 3. The standard InChI is InChI=1S/C11H10N2O4/c1-6(14)17-5-7(4-12)13-9(15)8-3-11(8,2)10(13)16/h5,8H,3H2,1-2H3. The summed E-state index contributed by atoms with van der Waals surface area (Å²) in [5.41, 5.74) is -0.910. The number of piperidine rings is 1. The highest BCUT2D eigenvalue weighted by molar-refractivity contribution is 6.13. The van der Waals surface area contributed by atoms with Crippen molar-refractivity contribution in [2.45, 2.75) is 20.3 Å². The Balaban J connectivity index is 2.26. The molecule has 0 aromatic heterocycles. The SMILES string of the molecule is CC(=O)OC=C(C#N)N1C(=O)C2CC2(C)C1=O. The molecule has 1 saturated heterocycles. The number of hydrogen-bond donors (Lipinski definition) is 0. The molecule has 0 spiro atoms. The number of hydrogen-bond acceptors (Lipinski definition) is 5. The summed E-state index contributed by atoms with van der Waals surface area (Å²) < 4.78 is 4.52. The summed E-state index contributed by atoms with van der Waals surface area (Å²) in [6.07, 6.45) is 1.37. The Morgan fingerprint density at radius 1 is 1.65 bits per heavy atom. The molecule has 88 valence electrons. The number of ether oxygens (including phenoxy) is 1. The van der Waals surface area contributed by atoms with Crippen LogP contribution in [0.1, 0.15) is 20.3 Å². The van der Waals surface area contributed by atoms with Crippen molar-refractivity contribution in [3.63, 3.8) is 0 Å². The molecule has 17 heavy (non-hydrogen) atoms. The Morgan fingerprint density at radius 2 is 2.29 bits per heavy atom. The Labute approximate surface area is 97.4 Å². The average molecular weight is 234 g/mol. The number of imide groups is 1. The van der Waals surface area contributed by atoms with Crippen LogP contribution in [0.25, 0.3) is 0 Å². The van der Waals surface area contributed by atoms with Gasteiger partial charge in [0.15, 0.2) is 5.70 Å². The van der Waals surface area contributed by atoms with Crippen LogP contribution in [0.5, 0.6) is 0 Å². The van der Waals surface area contributed by atoms with Crippen molar-refractivity contribution in [3.8, 4) is 6.07 Å². The maximum absolute atomic E-state index is 11.9. The molecule has 2 unspecified atom stereocenters. The minimum atomic E-state index is -0.663. The molecule has 6 nitrogen and oxygen atoms in total. The van der Waals surface area contributed by atoms with Crippen LogP contribution in [0.15, 0.2) is 12.0 Å². The van der Waals surface area contributed by atoms with Crippen LogP contribution >= 0.6 is 0 Å². The number of nitrogens with zero attached hydrogens (tertiary/aromatic N) is 2.